The summed E-state index contributed by atoms with van der Waals surface area (Å²) in [5.74, 6) is 0.992. The Hall–Kier alpha value is -2.46. The molecule has 0 fully saturated rings. The van der Waals surface area contributed by atoms with E-state index in [4.69, 9.17) is 0 Å². The second-order valence-corrected chi connectivity index (χ2v) is 7.56. The fraction of sp³-hybridized carbons (Fsp3) is 0.364. The summed E-state index contributed by atoms with van der Waals surface area (Å²) in [7, 11) is 0. The molecular formula is C22H27NO3. The number of aromatic nitrogens is 1. The van der Waals surface area contributed by atoms with Gasteiger partial charge in [0.2, 0.25) is 0 Å². The van der Waals surface area contributed by atoms with Crippen molar-refractivity contribution in [2.45, 2.75) is 47.1 Å². The van der Waals surface area contributed by atoms with Gasteiger partial charge in [-0.05, 0) is 50.3 Å². The van der Waals surface area contributed by atoms with E-state index < -0.39 is 0 Å². The Morgan fingerprint density at radius 3 is 2.54 bits per heavy atom. The van der Waals surface area contributed by atoms with E-state index in [1.165, 1.54) is 5.57 Å². The first-order chi connectivity index (χ1) is 12.3. The molecule has 1 heterocycles. The zero-order valence-electron chi connectivity index (χ0n) is 15.8. The predicted molar refractivity (Wildman–Crippen MR) is 108 cm³/mol. The minimum atomic E-state index is -0.128. The third-order valence-electron chi connectivity index (χ3n) is 5.07. The highest BCUT2D eigenvalue weighted by atomic mass is 16.3. The van der Waals surface area contributed by atoms with Gasteiger partial charge in [-0.25, -0.2) is 0 Å². The van der Waals surface area contributed by atoms with Crippen molar-refractivity contribution in [3.8, 4) is 11.5 Å². The lowest BCUT2D eigenvalue weighted by atomic mass is 9.97. The van der Waals surface area contributed by atoms with Gasteiger partial charge in [-0.3, -0.25) is 0 Å². The van der Waals surface area contributed by atoms with Crippen LogP contribution in [0.5, 0.6) is 11.5 Å². The van der Waals surface area contributed by atoms with Gasteiger partial charge in [-0.15, -0.1) is 0 Å². The summed E-state index contributed by atoms with van der Waals surface area (Å²) in [5, 5.41) is 32.0. The Morgan fingerprint density at radius 2 is 1.88 bits per heavy atom. The molecule has 0 radical (unpaired) electrons. The van der Waals surface area contributed by atoms with E-state index >= 15 is 0 Å². The summed E-state index contributed by atoms with van der Waals surface area (Å²) in [6.07, 6.45) is 4.23. The molecule has 0 aliphatic heterocycles. The van der Waals surface area contributed by atoms with Crippen LogP contribution in [0.3, 0.4) is 0 Å². The zero-order chi connectivity index (χ0) is 19.0. The molecule has 1 aromatic heterocycles. The Bertz CT molecular complexity index is 996. The molecule has 4 heteroatoms. The van der Waals surface area contributed by atoms with Crippen molar-refractivity contribution in [2.75, 3.05) is 0 Å². The van der Waals surface area contributed by atoms with Crippen molar-refractivity contribution < 1.29 is 15.3 Å². The minimum Gasteiger partial charge on any atom is -0.508 e. The lowest BCUT2D eigenvalue weighted by molar-refractivity contribution is 0.283. The Labute approximate surface area is 153 Å². The molecule has 0 spiro atoms. The van der Waals surface area contributed by atoms with Crippen LogP contribution in [0.25, 0.3) is 27.9 Å². The van der Waals surface area contributed by atoms with Crippen LogP contribution >= 0.6 is 0 Å². The molecule has 0 unspecified atom stereocenters. The van der Waals surface area contributed by atoms with Crippen LogP contribution in [0.4, 0.5) is 0 Å². The summed E-state index contributed by atoms with van der Waals surface area (Å²) in [6, 6.07) is 5.01. The normalized spacial score (nSPS) is 12.6. The van der Waals surface area contributed by atoms with E-state index in [9.17, 15) is 15.3 Å². The average Bonchev–Trinajstić information content (AvgIpc) is 2.98. The number of hydrogen-bond acceptors (Lipinski definition) is 3. The maximum Gasteiger partial charge on any atom is 0.139 e. The highest BCUT2D eigenvalue weighted by Crippen LogP contribution is 2.39. The summed E-state index contributed by atoms with van der Waals surface area (Å²) < 4.78 is 0. The van der Waals surface area contributed by atoms with Gasteiger partial charge < -0.3 is 20.3 Å². The Kier molecular flexibility index (Phi) is 4.97. The highest BCUT2D eigenvalue weighted by molar-refractivity contribution is 6.13. The van der Waals surface area contributed by atoms with Crippen LogP contribution in [-0.2, 0) is 6.61 Å². The number of aliphatic hydroxyl groups excluding tert-OH is 1. The number of nitrogens with one attached hydrogen (secondary N) is 1. The monoisotopic (exact) mass is 353 g/mol. The number of allylic oxidation sites excluding steroid dienone is 1. The van der Waals surface area contributed by atoms with Crippen LogP contribution in [0.1, 0.15) is 50.3 Å². The third kappa shape index (κ3) is 3.17. The molecule has 2 aromatic carbocycles. The Balaban J connectivity index is 2.29. The summed E-state index contributed by atoms with van der Waals surface area (Å²) in [4.78, 5) is 3.31. The van der Waals surface area contributed by atoms with E-state index in [0.29, 0.717) is 11.4 Å². The lowest BCUT2D eigenvalue weighted by Gasteiger charge is -2.09. The minimum absolute atomic E-state index is 0.128. The number of phenolic OH excluding ortho intramolecular Hbond substituents is 2. The first-order valence-electron chi connectivity index (χ1n) is 9.10. The van der Waals surface area contributed by atoms with Crippen LogP contribution in [0.2, 0.25) is 0 Å². The molecular weight excluding hydrogens is 326 g/mol. The lowest BCUT2D eigenvalue weighted by Crippen LogP contribution is -1.90. The molecule has 0 saturated carbocycles. The number of aromatic amines is 1. The highest BCUT2D eigenvalue weighted by Gasteiger charge is 2.17. The van der Waals surface area contributed by atoms with Crippen LogP contribution in [-0.4, -0.2) is 20.3 Å². The van der Waals surface area contributed by atoms with Crippen molar-refractivity contribution in [2.24, 2.45) is 5.92 Å². The molecule has 0 bridgehead atoms. The summed E-state index contributed by atoms with van der Waals surface area (Å²) in [6.45, 7) is 8.30. The second kappa shape index (κ2) is 7.04. The first kappa shape index (κ1) is 18.3. The molecule has 0 atom stereocenters. The molecule has 0 aliphatic rings. The van der Waals surface area contributed by atoms with Crippen molar-refractivity contribution >= 4 is 27.9 Å². The average molecular weight is 353 g/mol. The molecule has 4 nitrogen and oxygen atoms in total. The van der Waals surface area contributed by atoms with Crippen LogP contribution in [0.15, 0.2) is 23.8 Å². The van der Waals surface area contributed by atoms with E-state index in [1.807, 2.05) is 6.92 Å². The van der Waals surface area contributed by atoms with Crippen molar-refractivity contribution in [3.05, 3.63) is 40.5 Å². The number of hydrogen-bond donors (Lipinski definition) is 4. The maximum atomic E-state index is 10.5. The van der Waals surface area contributed by atoms with Gasteiger partial charge >= 0.3 is 0 Å². The fourth-order valence-corrected chi connectivity index (χ4v) is 3.46. The molecule has 0 saturated heterocycles. The van der Waals surface area contributed by atoms with E-state index in [1.54, 1.807) is 18.2 Å². The Morgan fingerprint density at radius 1 is 1.15 bits per heavy atom. The largest absolute Gasteiger partial charge is 0.508 e. The van der Waals surface area contributed by atoms with Gasteiger partial charge in [-0.2, -0.15) is 0 Å². The van der Waals surface area contributed by atoms with E-state index in [2.05, 4.69) is 31.8 Å². The predicted octanol–water partition coefficient (Wildman–Crippen LogP) is 5.37. The van der Waals surface area contributed by atoms with E-state index in [0.717, 1.165) is 45.8 Å². The number of fused-ring (bicyclic) bond motifs is 3. The van der Waals surface area contributed by atoms with Gasteiger partial charge in [-0.1, -0.05) is 31.6 Å². The van der Waals surface area contributed by atoms with Crippen molar-refractivity contribution in [1.82, 2.24) is 4.98 Å². The molecule has 138 valence electrons. The standard InChI is InChI=1S/C22H27NO3/c1-12(2)5-6-13(3)9-16-14(4)19(26)10-17-20-15(11-24)7-8-18(25)22(20)23-21(16)17/h7-10,12,23-26H,5-6,11H2,1-4H3/b13-9+. The van der Waals surface area contributed by atoms with Crippen molar-refractivity contribution in [1.29, 1.82) is 0 Å². The number of rotatable bonds is 5. The quantitative estimate of drug-likeness (QED) is 0.498. The summed E-state index contributed by atoms with van der Waals surface area (Å²) >= 11 is 0. The molecule has 3 aromatic rings. The van der Waals surface area contributed by atoms with Gasteiger partial charge in [0.05, 0.1) is 17.6 Å². The second-order valence-electron chi connectivity index (χ2n) is 7.56. The summed E-state index contributed by atoms with van der Waals surface area (Å²) in [5.41, 5.74) is 5.16. The van der Waals surface area contributed by atoms with Crippen LogP contribution < -0.4 is 0 Å². The number of phenols is 2. The first-order valence-corrected chi connectivity index (χ1v) is 9.10. The molecule has 26 heavy (non-hydrogen) atoms. The van der Waals surface area contributed by atoms with Crippen molar-refractivity contribution in [3.63, 3.8) is 0 Å². The van der Waals surface area contributed by atoms with Gasteiger partial charge in [0, 0.05) is 21.9 Å². The zero-order valence-corrected chi connectivity index (χ0v) is 15.8. The third-order valence-corrected chi connectivity index (χ3v) is 5.07. The van der Waals surface area contributed by atoms with Gasteiger partial charge in [0.25, 0.3) is 0 Å². The molecule has 4 N–H and O–H groups in total. The van der Waals surface area contributed by atoms with Gasteiger partial charge in [0.1, 0.15) is 11.5 Å². The van der Waals surface area contributed by atoms with Gasteiger partial charge in [0.15, 0.2) is 0 Å². The number of aromatic hydroxyl groups is 2. The fourth-order valence-electron chi connectivity index (χ4n) is 3.46. The van der Waals surface area contributed by atoms with E-state index in [-0.39, 0.29) is 18.1 Å². The number of aliphatic hydroxyl groups is 1. The molecule has 0 aliphatic carbocycles. The maximum absolute atomic E-state index is 10.5. The molecule has 0 amide bonds. The number of H-pyrrole nitrogens is 1. The molecule has 3 rings (SSSR count). The smallest absolute Gasteiger partial charge is 0.139 e. The van der Waals surface area contributed by atoms with Crippen LogP contribution in [0, 0.1) is 12.8 Å². The SMILES string of the molecule is C/C(=C\c1c(C)c(O)cc2c1[nH]c1c(O)ccc(CO)c12)CCC(C)C. The topological polar surface area (TPSA) is 76.5 Å². The number of benzene rings is 2.